The van der Waals surface area contributed by atoms with Crippen molar-refractivity contribution >= 4 is 43.0 Å². The van der Waals surface area contributed by atoms with Gasteiger partial charge >= 0.3 is 5.97 Å². The number of hydrogen-bond donors (Lipinski definition) is 1. The number of benzene rings is 3. The summed E-state index contributed by atoms with van der Waals surface area (Å²) in [4.78, 5) is 11.4. The van der Waals surface area contributed by atoms with E-state index in [1.165, 1.54) is 42.5 Å². The van der Waals surface area contributed by atoms with E-state index in [-0.39, 0.29) is 20.4 Å². The molecule has 10 heteroatoms. The summed E-state index contributed by atoms with van der Waals surface area (Å²) in [6, 6.07) is 23.5. The Balaban J connectivity index is 1.75. The van der Waals surface area contributed by atoms with Gasteiger partial charge in [0.15, 0.2) is 0 Å². The summed E-state index contributed by atoms with van der Waals surface area (Å²) in [7, 11) is -8.93. The monoisotopic (exact) mass is 541 g/mol. The third-order valence-corrected chi connectivity index (χ3v) is 11.1. The van der Waals surface area contributed by atoms with Gasteiger partial charge in [-0.05, 0) is 66.1 Å². The standard InChI is InChI=1S/C26H23NO6S3/c28-26(29)23-16-6-4-10-20(23)12-8-13-21-11-5-7-17-24(21)27(36(32,33)25-18-9-19-34-25)35(30,31)22-14-2-1-3-15-22/h1-7,9-11,14-19H,8,12-13H2,(H,28,29). The van der Waals surface area contributed by atoms with Crippen molar-refractivity contribution in [1.29, 1.82) is 0 Å². The second-order valence-electron chi connectivity index (χ2n) is 7.90. The van der Waals surface area contributed by atoms with Gasteiger partial charge in [0.05, 0.1) is 16.1 Å². The SMILES string of the molecule is O=C(O)c1ccccc1CCCc1ccccc1N(S(=O)(=O)c1ccccc1)S(=O)(=O)c1cccs1. The molecular formula is C26H23NO6S3. The molecule has 1 aromatic heterocycles. The smallest absolute Gasteiger partial charge is 0.335 e. The molecular weight excluding hydrogens is 518 g/mol. The van der Waals surface area contributed by atoms with Gasteiger partial charge in [0.2, 0.25) is 0 Å². The van der Waals surface area contributed by atoms with Crippen LogP contribution in [0.5, 0.6) is 0 Å². The molecule has 186 valence electrons. The molecule has 4 aromatic rings. The van der Waals surface area contributed by atoms with E-state index < -0.39 is 26.0 Å². The highest BCUT2D eigenvalue weighted by Gasteiger charge is 2.38. The first-order valence-corrected chi connectivity index (χ1v) is 14.8. The topological polar surface area (TPSA) is 109 Å². The molecule has 0 fully saturated rings. The lowest BCUT2D eigenvalue weighted by molar-refractivity contribution is 0.0695. The zero-order valence-corrected chi connectivity index (χ0v) is 21.5. The third-order valence-electron chi connectivity index (χ3n) is 5.56. The van der Waals surface area contributed by atoms with Crippen LogP contribution in [0.1, 0.15) is 27.9 Å². The van der Waals surface area contributed by atoms with Crippen LogP contribution in [0.4, 0.5) is 5.69 Å². The Labute approximate surface area is 214 Å². The van der Waals surface area contributed by atoms with Gasteiger partial charge in [-0.25, -0.2) is 13.2 Å². The largest absolute Gasteiger partial charge is 0.478 e. The number of sulfonamides is 2. The number of aromatic carboxylic acids is 1. The average molecular weight is 542 g/mol. The molecule has 3 aromatic carbocycles. The molecule has 0 radical (unpaired) electrons. The summed E-state index contributed by atoms with van der Waals surface area (Å²) in [6.07, 6.45) is 1.25. The van der Waals surface area contributed by atoms with E-state index in [1.54, 1.807) is 53.9 Å². The second kappa shape index (κ2) is 10.7. The maximum Gasteiger partial charge on any atom is 0.335 e. The number of carbonyl (C=O) groups is 1. The highest BCUT2D eigenvalue weighted by molar-refractivity contribution is 8.11. The van der Waals surface area contributed by atoms with Crippen LogP contribution in [0.15, 0.2) is 105 Å². The van der Waals surface area contributed by atoms with E-state index >= 15 is 0 Å². The average Bonchev–Trinajstić information content (AvgIpc) is 3.42. The van der Waals surface area contributed by atoms with Crippen molar-refractivity contribution in [2.45, 2.75) is 28.4 Å². The fraction of sp³-hybridized carbons (Fsp3) is 0.115. The molecule has 0 amide bonds. The predicted molar refractivity (Wildman–Crippen MR) is 139 cm³/mol. The first kappa shape index (κ1) is 25.6. The summed E-state index contributed by atoms with van der Waals surface area (Å²) in [5.74, 6) is -1.02. The van der Waals surface area contributed by atoms with Gasteiger partial charge in [0, 0.05) is 0 Å². The Bertz CT molecular complexity index is 1560. The van der Waals surface area contributed by atoms with E-state index in [9.17, 15) is 26.7 Å². The van der Waals surface area contributed by atoms with E-state index in [2.05, 4.69) is 0 Å². The molecule has 1 N–H and O–H groups in total. The van der Waals surface area contributed by atoms with Crippen molar-refractivity contribution in [3.05, 3.63) is 113 Å². The molecule has 0 aliphatic heterocycles. The Hall–Kier alpha value is -3.47. The van der Waals surface area contributed by atoms with Crippen LogP contribution in [-0.4, -0.2) is 27.9 Å². The lowest BCUT2D eigenvalue weighted by atomic mass is 9.99. The maximum absolute atomic E-state index is 13.7. The third kappa shape index (κ3) is 5.20. The molecule has 0 aliphatic rings. The molecule has 0 saturated carbocycles. The Morgan fingerprint density at radius 2 is 1.33 bits per heavy atom. The molecule has 0 aliphatic carbocycles. The summed E-state index contributed by atoms with van der Waals surface area (Å²) < 4.78 is 55.2. The van der Waals surface area contributed by atoms with Gasteiger partial charge in [-0.2, -0.15) is 12.1 Å². The molecule has 0 saturated heterocycles. The van der Waals surface area contributed by atoms with Gasteiger partial charge in [0.25, 0.3) is 20.0 Å². The van der Waals surface area contributed by atoms with E-state index in [1.807, 2.05) is 0 Å². The number of carboxylic acid groups (broad SMARTS) is 1. The van der Waals surface area contributed by atoms with Crippen molar-refractivity contribution in [3.63, 3.8) is 0 Å². The van der Waals surface area contributed by atoms with Crippen LogP contribution >= 0.6 is 11.3 Å². The van der Waals surface area contributed by atoms with Gasteiger partial charge in [-0.1, -0.05) is 60.7 Å². The minimum atomic E-state index is -4.48. The van der Waals surface area contributed by atoms with E-state index in [0.717, 1.165) is 11.3 Å². The van der Waals surface area contributed by atoms with E-state index in [0.29, 0.717) is 34.1 Å². The van der Waals surface area contributed by atoms with Crippen LogP contribution in [-0.2, 0) is 32.9 Å². The van der Waals surface area contributed by atoms with Gasteiger partial charge in [0.1, 0.15) is 4.21 Å². The number of nitrogens with zero attached hydrogens (tertiary/aromatic N) is 1. The molecule has 7 nitrogen and oxygen atoms in total. The Kier molecular flexibility index (Phi) is 7.58. The number of carboxylic acids is 1. The number of anilines is 1. The number of aryl methyl sites for hydroxylation is 2. The van der Waals surface area contributed by atoms with Crippen LogP contribution < -0.4 is 3.71 Å². The number of hydrogen-bond acceptors (Lipinski definition) is 6. The van der Waals surface area contributed by atoms with Crippen molar-refractivity contribution in [1.82, 2.24) is 0 Å². The zero-order valence-electron chi connectivity index (χ0n) is 19.0. The normalized spacial score (nSPS) is 11.8. The summed E-state index contributed by atoms with van der Waals surface area (Å²) in [5.41, 5.74) is 1.42. The summed E-state index contributed by atoms with van der Waals surface area (Å²) in [6.45, 7) is 0. The van der Waals surface area contributed by atoms with Crippen LogP contribution in [0.3, 0.4) is 0 Å². The number of thiophene rings is 1. The lowest BCUT2D eigenvalue weighted by Gasteiger charge is -2.25. The fourth-order valence-corrected chi connectivity index (χ4v) is 8.86. The van der Waals surface area contributed by atoms with Crippen LogP contribution in [0, 0.1) is 0 Å². The number of para-hydroxylation sites is 1. The highest BCUT2D eigenvalue weighted by atomic mass is 32.3. The predicted octanol–water partition coefficient (Wildman–Crippen LogP) is 5.21. The number of rotatable bonds is 10. The highest BCUT2D eigenvalue weighted by Crippen LogP contribution is 2.35. The van der Waals surface area contributed by atoms with Crippen molar-refractivity contribution in [3.8, 4) is 0 Å². The molecule has 0 spiro atoms. The molecule has 36 heavy (non-hydrogen) atoms. The molecule has 4 rings (SSSR count). The first-order valence-electron chi connectivity index (χ1n) is 11.0. The zero-order chi connectivity index (χ0) is 25.8. The molecule has 1 heterocycles. The van der Waals surface area contributed by atoms with Gasteiger partial charge in [-0.3, -0.25) is 0 Å². The molecule has 0 atom stereocenters. The Morgan fingerprint density at radius 1 is 0.722 bits per heavy atom. The van der Waals surface area contributed by atoms with Gasteiger partial charge < -0.3 is 5.11 Å². The van der Waals surface area contributed by atoms with E-state index in [4.69, 9.17) is 0 Å². The molecule has 0 bridgehead atoms. The second-order valence-corrected chi connectivity index (χ2v) is 12.9. The van der Waals surface area contributed by atoms with Crippen molar-refractivity contribution in [2.24, 2.45) is 0 Å². The molecule has 0 unspecified atom stereocenters. The summed E-state index contributed by atoms with van der Waals surface area (Å²) >= 11 is 0.940. The summed E-state index contributed by atoms with van der Waals surface area (Å²) in [5, 5.41) is 11.0. The lowest BCUT2D eigenvalue weighted by Crippen LogP contribution is -2.37. The van der Waals surface area contributed by atoms with Gasteiger partial charge in [-0.15, -0.1) is 11.3 Å². The van der Waals surface area contributed by atoms with Crippen LogP contribution in [0.2, 0.25) is 0 Å². The first-order chi connectivity index (χ1) is 17.2. The Morgan fingerprint density at radius 3 is 2.00 bits per heavy atom. The van der Waals surface area contributed by atoms with Crippen molar-refractivity contribution in [2.75, 3.05) is 3.71 Å². The maximum atomic E-state index is 13.7. The minimum Gasteiger partial charge on any atom is -0.478 e. The quantitative estimate of drug-likeness (QED) is 0.295. The minimum absolute atomic E-state index is 0.0428. The van der Waals surface area contributed by atoms with Crippen LogP contribution in [0.25, 0.3) is 0 Å². The van der Waals surface area contributed by atoms with Crippen molar-refractivity contribution < 1.29 is 26.7 Å². The fourth-order valence-electron chi connectivity index (χ4n) is 3.88.